The molecule has 14 heavy (non-hydrogen) atoms. The van der Waals surface area contributed by atoms with Crippen LogP contribution in [0.2, 0.25) is 0 Å². The molecule has 76 valence electrons. The second-order valence-corrected chi connectivity index (χ2v) is 3.68. The molecule has 2 N–H and O–H groups in total. The molecule has 1 aromatic heterocycles. The maximum atomic E-state index is 11.1. The third kappa shape index (κ3) is 2.20. The van der Waals surface area contributed by atoms with E-state index in [0.717, 1.165) is 18.8 Å². The van der Waals surface area contributed by atoms with E-state index in [-0.39, 0.29) is 11.6 Å². The highest BCUT2D eigenvalue weighted by Gasteiger charge is 2.14. The fourth-order valence-corrected chi connectivity index (χ4v) is 1.82. The molecular weight excluding hydrogens is 178 g/mol. The van der Waals surface area contributed by atoms with E-state index in [0.29, 0.717) is 0 Å². The molecule has 1 aliphatic rings. The van der Waals surface area contributed by atoms with E-state index in [4.69, 9.17) is 0 Å². The average Bonchev–Trinajstić information content (AvgIpc) is 2.45. The standard InChI is InChI=1S/C10H15N3O/c14-9-5-7-12-10(13-9)8-4-2-1-3-6-11-8/h5,7-8,11H,1-4,6H2,(H,12,13,14). The predicted octanol–water partition coefficient (Wildman–Crippen LogP) is 0.975. The summed E-state index contributed by atoms with van der Waals surface area (Å²) in [5.74, 6) is 0.777. The fourth-order valence-electron chi connectivity index (χ4n) is 1.82. The molecule has 0 aliphatic carbocycles. The Balaban J connectivity index is 2.16. The van der Waals surface area contributed by atoms with Gasteiger partial charge >= 0.3 is 0 Å². The molecule has 2 heterocycles. The van der Waals surface area contributed by atoms with Crippen molar-refractivity contribution in [2.24, 2.45) is 0 Å². The summed E-state index contributed by atoms with van der Waals surface area (Å²) in [5, 5.41) is 3.39. The van der Waals surface area contributed by atoms with E-state index in [2.05, 4.69) is 15.3 Å². The van der Waals surface area contributed by atoms with Crippen molar-refractivity contribution < 1.29 is 0 Å². The van der Waals surface area contributed by atoms with Crippen molar-refractivity contribution in [1.82, 2.24) is 15.3 Å². The second kappa shape index (κ2) is 4.37. The Bertz CT molecular complexity index is 339. The van der Waals surface area contributed by atoms with Gasteiger partial charge < -0.3 is 10.3 Å². The molecule has 0 bridgehead atoms. The van der Waals surface area contributed by atoms with E-state index >= 15 is 0 Å². The summed E-state index contributed by atoms with van der Waals surface area (Å²) in [6.07, 6.45) is 6.32. The van der Waals surface area contributed by atoms with Crippen LogP contribution in [0.25, 0.3) is 0 Å². The van der Waals surface area contributed by atoms with Crippen LogP contribution < -0.4 is 10.9 Å². The van der Waals surface area contributed by atoms with Crippen LogP contribution in [0.5, 0.6) is 0 Å². The van der Waals surface area contributed by atoms with Gasteiger partial charge in [0, 0.05) is 12.3 Å². The van der Waals surface area contributed by atoms with Gasteiger partial charge in [-0.3, -0.25) is 4.79 Å². The lowest BCUT2D eigenvalue weighted by molar-refractivity contribution is 0.506. The van der Waals surface area contributed by atoms with Crippen LogP contribution in [0.3, 0.4) is 0 Å². The highest BCUT2D eigenvalue weighted by Crippen LogP contribution is 2.18. The van der Waals surface area contributed by atoms with Crippen molar-refractivity contribution >= 4 is 0 Å². The SMILES string of the molecule is O=c1ccnc(C2CCCCCN2)[nH]1. The fraction of sp³-hybridized carbons (Fsp3) is 0.600. The van der Waals surface area contributed by atoms with Crippen LogP contribution in [0, 0.1) is 0 Å². The smallest absolute Gasteiger partial charge is 0.250 e. The first-order chi connectivity index (χ1) is 6.86. The molecule has 0 amide bonds. The minimum Gasteiger partial charge on any atom is -0.309 e. The zero-order chi connectivity index (χ0) is 9.80. The molecule has 4 nitrogen and oxygen atoms in total. The van der Waals surface area contributed by atoms with E-state index in [1.807, 2.05) is 0 Å². The first kappa shape index (κ1) is 9.40. The molecule has 0 saturated carbocycles. The Labute approximate surface area is 82.8 Å². The van der Waals surface area contributed by atoms with Crippen molar-refractivity contribution in [3.8, 4) is 0 Å². The first-order valence-electron chi connectivity index (χ1n) is 5.15. The van der Waals surface area contributed by atoms with Gasteiger partial charge in [0.2, 0.25) is 0 Å². The summed E-state index contributed by atoms with van der Waals surface area (Å²) >= 11 is 0. The van der Waals surface area contributed by atoms with Gasteiger partial charge in [-0.25, -0.2) is 4.98 Å². The highest BCUT2D eigenvalue weighted by molar-refractivity contribution is 4.96. The monoisotopic (exact) mass is 193 g/mol. The molecule has 1 fully saturated rings. The number of hydrogen-bond donors (Lipinski definition) is 2. The maximum absolute atomic E-state index is 11.1. The van der Waals surface area contributed by atoms with Crippen molar-refractivity contribution in [3.05, 3.63) is 28.4 Å². The van der Waals surface area contributed by atoms with Gasteiger partial charge in [0.1, 0.15) is 5.82 Å². The van der Waals surface area contributed by atoms with Crippen LogP contribution in [0.4, 0.5) is 0 Å². The summed E-state index contributed by atoms with van der Waals surface area (Å²) in [6, 6.07) is 1.67. The van der Waals surface area contributed by atoms with Gasteiger partial charge in [-0.1, -0.05) is 12.8 Å². The van der Waals surface area contributed by atoms with E-state index in [1.54, 1.807) is 6.20 Å². The Morgan fingerprint density at radius 3 is 3.14 bits per heavy atom. The van der Waals surface area contributed by atoms with Gasteiger partial charge in [0.15, 0.2) is 0 Å². The van der Waals surface area contributed by atoms with Crippen LogP contribution in [-0.4, -0.2) is 16.5 Å². The Kier molecular flexibility index (Phi) is 2.93. The van der Waals surface area contributed by atoms with Crippen LogP contribution in [0.15, 0.2) is 17.1 Å². The first-order valence-corrected chi connectivity index (χ1v) is 5.15. The topological polar surface area (TPSA) is 57.8 Å². The summed E-state index contributed by atoms with van der Waals surface area (Å²) in [7, 11) is 0. The van der Waals surface area contributed by atoms with E-state index < -0.39 is 0 Å². The van der Waals surface area contributed by atoms with Gasteiger partial charge in [-0.05, 0) is 19.4 Å². The molecule has 1 saturated heterocycles. The Hall–Kier alpha value is -1.16. The average molecular weight is 193 g/mol. The highest BCUT2D eigenvalue weighted by atomic mass is 16.1. The largest absolute Gasteiger partial charge is 0.309 e. The minimum absolute atomic E-state index is 0.0685. The molecule has 1 atom stereocenters. The number of rotatable bonds is 1. The number of H-pyrrole nitrogens is 1. The number of aromatic amines is 1. The van der Waals surface area contributed by atoms with Gasteiger partial charge in [0.25, 0.3) is 5.56 Å². The number of hydrogen-bond acceptors (Lipinski definition) is 3. The molecular formula is C10H15N3O. The normalized spacial score (nSPS) is 23.0. The maximum Gasteiger partial charge on any atom is 0.250 e. The molecule has 1 aliphatic heterocycles. The third-order valence-electron chi connectivity index (χ3n) is 2.58. The lowest BCUT2D eigenvalue weighted by Gasteiger charge is -2.13. The molecule has 1 aromatic rings. The van der Waals surface area contributed by atoms with E-state index in [9.17, 15) is 4.79 Å². The molecule has 0 aromatic carbocycles. The van der Waals surface area contributed by atoms with Gasteiger partial charge in [-0.2, -0.15) is 0 Å². The van der Waals surface area contributed by atoms with Crippen molar-refractivity contribution in [2.75, 3.05) is 6.54 Å². The zero-order valence-corrected chi connectivity index (χ0v) is 8.12. The van der Waals surface area contributed by atoms with Crippen molar-refractivity contribution in [3.63, 3.8) is 0 Å². The van der Waals surface area contributed by atoms with Gasteiger partial charge in [-0.15, -0.1) is 0 Å². The van der Waals surface area contributed by atoms with Crippen LogP contribution >= 0.6 is 0 Å². The summed E-state index contributed by atoms with van der Waals surface area (Å²) in [6.45, 7) is 1.02. The summed E-state index contributed by atoms with van der Waals surface area (Å²) < 4.78 is 0. The lowest BCUT2D eigenvalue weighted by Crippen LogP contribution is -2.24. The third-order valence-corrected chi connectivity index (χ3v) is 2.58. The summed E-state index contributed by atoms with van der Waals surface area (Å²) in [5.41, 5.74) is -0.0685. The number of aromatic nitrogens is 2. The van der Waals surface area contributed by atoms with Crippen molar-refractivity contribution in [1.29, 1.82) is 0 Å². The van der Waals surface area contributed by atoms with Crippen LogP contribution in [-0.2, 0) is 0 Å². The molecule has 4 heteroatoms. The van der Waals surface area contributed by atoms with Crippen LogP contribution in [0.1, 0.15) is 37.5 Å². The minimum atomic E-state index is -0.0685. The predicted molar refractivity (Wildman–Crippen MR) is 54.1 cm³/mol. The number of nitrogens with one attached hydrogen (secondary N) is 2. The van der Waals surface area contributed by atoms with E-state index in [1.165, 1.54) is 25.3 Å². The molecule has 0 radical (unpaired) electrons. The Morgan fingerprint density at radius 1 is 1.36 bits per heavy atom. The molecule has 1 unspecified atom stereocenters. The Morgan fingerprint density at radius 2 is 2.29 bits per heavy atom. The zero-order valence-electron chi connectivity index (χ0n) is 8.12. The second-order valence-electron chi connectivity index (χ2n) is 3.68. The quantitative estimate of drug-likeness (QED) is 0.699. The molecule has 2 rings (SSSR count). The molecule has 0 spiro atoms. The lowest BCUT2D eigenvalue weighted by atomic mass is 10.1. The van der Waals surface area contributed by atoms with Gasteiger partial charge in [0.05, 0.1) is 6.04 Å². The number of nitrogens with zero attached hydrogens (tertiary/aromatic N) is 1. The van der Waals surface area contributed by atoms with Crippen molar-refractivity contribution in [2.45, 2.75) is 31.7 Å². The summed E-state index contributed by atoms with van der Waals surface area (Å²) in [4.78, 5) is 18.1.